The lowest BCUT2D eigenvalue weighted by molar-refractivity contribution is -0.135. The molecule has 0 aromatic heterocycles. The molecule has 0 spiro atoms. The molecule has 2 fully saturated rings. The van der Waals surface area contributed by atoms with Crippen molar-refractivity contribution >= 4 is 5.91 Å². The minimum atomic E-state index is -0.150. The van der Waals surface area contributed by atoms with E-state index in [0.29, 0.717) is 6.61 Å². The number of rotatable bonds is 4. The quantitative estimate of drug-likeness (QED) is 0.798. The van der Waals surface area contributed by atoms with Crippen LogP contribution in [0.5, 0.6) is 0 Å². The van der Waals surface area contributed by atoms with E-state index in [1.165, 1.54) is 0 Å². The summed E-state index contributed by atoms with van der Waals surface area (Å²) >= 11 is 0. The lowest BCUT2D eigenvalue weighted by Gasteiger charge is -2.38. The van der Waals surface area contributed by atoms with Crippen molar-refractivity contribution in [3.63, 3.8) is 0 Å². The number of nitrogens with one attached hydrogen (secondary N) is 2. The molecule has 0 bridgehead atoms. The topological polar surface area (TPSA) is 50.4 Å². The zero-order valence-electron chi connectivity index (χ0n) is 11.7. The zero-order valence-corrected chi connectivity index (χ0v) is 11.7. The molecule has 0 aromatic carbocycles. The van der Waals surface area contributed by atoms with Gasteiger partial charge in [0.05, 0.1) is 17.6 Å². The second kappa shape index (κ2) is 5.57. The molecule has 4 heteroatoms. The van der Waals surface area contributed by atoms with Crippen LogP contribution in [-0.2, 0) is 9.53 Å². The number of ether oxygens (including phenoxy) is 1. The Kier molecular flexibility index (Phi) is 4.28. The number of amides is 1. The minimum Gasteiger partial charge on any atom is -0.379 e. The van der Waals surface area contributed by atoms with Crippen LogP contribution in [0.4, 0.5) is 0 Å². The van der Waals surface area contributed by atoms with Crippen molar-refractivity contribution in [2.45, 2.75) is 51.5 Å². The van der Waals surface area contributed by atoms with Crippen molar-refractivity contribution in [1.29, 1.82) is 0 Å². The van der Waals surface area contributed by atoms with E-state index >= 15 is 0 Å². The van der Waals surface area contributed by atoms with Crippen LogP contribution in [0.15, 0.2) is 0 Å². The SMILES string of the molecule is CCCC1(C(=O)NC2(C)CCOC2)CCNCC1. The average molecular weight is 254 g/mol. The van der Waals surface area contributed by atoms with Gasteiger partial charge >= 0.3 is 0 Å². The molecule has 104 valence electrons. The molecule has 2 rings (SSSR count). The molecule has 0 saturated carbocycles. The second-order valence-electron chi connectivity index (χ2n) is 6.10. The van der Waals surface area contributed by atoms with Gasteiger partial charge in [-0.15, -0.1) is 0 Å². The molecule has 2 N–H and O–H groups in total. The number of hydrogen-bond donors (Lipinski definition) is 2. The maximum atomic E-state index is 12.7. The fourth-order valence-electron chi connectivity index (χ4n) is 3.15. The van der Waals surface area contributed by atoms with Crippen molar-refractivity contribution in [2.75, 3.05) is 26.3 Å². The van der Waals surface area contributed by atoms with Crippen LogP contribution in [-0.4, -0.2) is 37.7 Å². The molecule has 2 saturated heterocycles. The molecule has 2 aliphatic rings. The van der Waals surface area contributed by atoms with Crippen molar-refractivity contribution in [1.82, 2.24) is 10.6 Å². The van der Waals surface area contributed by atoms with Gasteiger partial charge in [0, 0.05) is 6.61 Å². The molecule has 1 amide bonds. The summed E-state index contributed by atoms with van der Waals surface area (Å²) in [5.41, 5.74) is -0.297. The second-order valence-corrected chi connectivity index (χ2v) is 6.10. The smallest absolute Gasteiger partial charge is 0.226 e. The Morgan fingerprint density at radius 3 is 2.61 bits per heavy atom. The van der Waals surface area contributed by atoms with Crippen LogP contribution in [0.2, 0.25) is 0 Å². The number of carbonyl (C=O) groups excluding carboxylic acids is 1. The van der Waals surface area contributed by atoms with Gasteiger partial charge in [-0.2, -0.15) is 0 Å². The lowest BCUT2D eigenvalue weighted by Crippen LogP contribution is -2.55. The predicted octanol–water partition coefficient (Wildman–Crippen LogP) is 1.45. The normalized spacial score (nSPS) is 31.2. The Bertz CT molecular complexity index is 287. The van der Waals surface area contributed by atoms with Gasteiger partial charge in [0.25, 0.3) is 0 Å². The van der Waals surface area contributed by atoms with Gasteiger partial charge in [-0.3, -0.25) is 4.79 Å². The van der Waals surface area contributed by atoms with E-state index in [1.807, 2.05) is 0 Å². The predicted molar refractivity (Wildman–Crippen MR) is 71.4 cm³/mol. The Balaban J connectivity index is 2.03. The molecule has 1 unspecified atom stereocenters. The highest BCUT2D eigenvalue weighted by molar-refractivity contribution is 5.83. The van der Waals surface area contributed by atoms with Crippen LogP contribution in [0, 0.1) is 5.41 Å². The molecule has 2 aliphatic heterocycles. The minimum absolute atomic E-state index is 0.147. The molecule has 0 aromatic rings. The first-order valence-electron chi connectivity index (χ1n) is 7.21. The first-order valence-corrected chi connectivity index (χ1v) is 7.21. The Morgan fingerprint density at radius 1 is 1.33 bits per heavy atom. The molecular weight excluding hydrogens is 228 g/mol. The van der Waals surface area contributed by atoms with Gasteiger partial charge in [-0.25, -0.2) is 0 Å². The Hall–Kier alpha value is -0.610. The van der Waals surface area contributed by atoms with E-state index in [1.54, 1.807) is 0 Å². The van der Waals surface area contributed by atoms with Crippen LogP contribution in [0.25, 0.3) is 0 Å². The monoisotopic (exact) mass is 254 g/mol. The molecule has 2 heterocycles. The number of hydrogen-bond acceptors (Lipinski definition) is 3. The van der Waals surface area contributed by atoms with E-state index in [-0.39, 0.29) is 16.9 Å². The summed E-state index contributed by atoms with van der Waals surface area (Å²) < 4.78 is 5.41. The van der Waals surface area contributed by atoms with Gasteiger partial charge in [0.15, 0.2) is 0 Å². The average Bonchev–Trinajstić information content (AvgIpc) is 2.77. The number of piperidine rings is 1. The largest absolute Gasteiger partial charge is 0.379 e. The molecule has 0 radical (unpaired) electrons. The summed E-state index contributed by atoms with van der Waals surface area (Å²) in [7, 11) is 0. The third-order valence-electron chi connectivity index (χ3n) is 4.40. The van der Waals surface area contributed by atoms with E-state index in [9.17, 15) is 4.79 Å². The Labute approximate surface area is 110 Å². The maximum absolute atomic E-state index is 12.7. The Morgan fingerprint density at radius 2 is 2.06 bits per heavy atom. The van der Waals surface area contributed by atoms with Gasteiger partial charge in [-0.1, -0.05) is 13.3 Å². The van der Waals surface area contributed by atoms with E-state index in [0.717, 1.165) is 51.8 Å². The third-order valence-corrected chi connectivity index (χ3v) is 4.40. The van der Waals surface area contributed by atoms with Crippen molar-refractivity contribution in [2.24, 2.45) is 5.41 Å². The molecule has 1 atom stereocenters. The molecule has 18 heavy (non-hydrogen) atoms. The van der Waals surface area contributed by atoms with Crippen LogP contribution in [0.1, 0.15) is 46.0 Å². The van der Waals surface area contributed by atoms with Gasteiger partial charge in [0.1, 0.15) is 0 Å². The first kappa shape index (κ1) is 13.8. The third kappa shape index (κ3) is 2.86. The maximum Gasteiger partial charge on any atom is 0.226 e. The summed E-state index contributed by atoms with van der Waals surface area (Å²) in [6.45, 7) is 7.59. The fraction of sp³-hybridized carbons (Fsp3) is 0.929. The van der Waals surface area contributed by atoms with Crippen molar-refractivity contribution < 1.29 is 9.53 Å². The zero-order chi connectivity index (χ0) is 13.1. The molecule has 0 aliphatic carbocycles. The van der Waals surface area contributed by atoms with E-state index in [2.05, 4.69) is 24.5 Å². The van der Waals surface area contributed by atoms with Crippen LogP contribution < -0.4 is 10.6 Å². The highest BCUT2D eigenvalue weighted by Crippen LogP contribution is 2.35. The molecule has 4 nitrogen and oxygen atoms in total. The number of carbonyl (C=O) groups is 1. The van der Waals surface area contributed by atoms with Crippen LogP contribution >= 0.6 is 0 Å². The summed E-state index contributed by atoms with van der Waals surface area (Å²) in [5, 5.41) is 6.61. The highest BCUT2D eigenvalue weighted by atomic mass is 16.5. The molecular formula is C14H26N2O2. The van der Waals surface area contributed by atoms with Gasteiger partial charge < -0.3 is 15.4 Å². The summed E-state index contributed by atoms with van der Waals surface area (Å²) in [4.78, 5) is 12.7. The summed E-state index contributed by atoms with van der Waals surface area (Å²) in [6, 6.07) is 0. The fourth-order valence-corrected chi connectivity index (χ4v) is 3.15. The van der Waals surface area contributed by atoms with Crippen molar-refractivity contribution in [3.8, 4) is 0 Å². The van der Waals surface area contributed by atoms with Crippen molar-refractivity contribution in [3.05, 3.63) is 0 Å². The summed E-state index contributed by atoms with van der Waals surface area (Å²) in [6.07, 6.45) is 4.92. The standard InChI is InChI=1S/C14H26N2O2/c1-3-4-14(5-8-15-9-6-14)12(17)16-13(2)7-10-18-11-13/h15H,3-11H2,1-2H3,(H,16,17). The van der Waals surface area contributed by atoms with Gasteiger partial charge in [-0.05, 0) is 45.7 Å². The van der Waals surface area contributed by atoms with Gasteiger partial charge in [0.2, 0.25) is 5.91 Å². The first-order chi connectivity index (χ1) is 8.60. The highest BCUT2D eigenvalue weighted by Gasteiger charge is 2.42. The van der Waals surface area contributed by atoms with E-state index < -0.39 is 0 Å². The lowest BCUT2D eigenvalue weighted by atomic mass is 9.74. The summed E-state index contributed by atoms with van der Waals surface area (Å²) in [5.74, 6) is 0.249. The van der Waals surface area contributed by atoms with E-state index in [4.69, 9.17) is 4.74 Å². The van der Waals surface area contributed by atoms with Crippen LogP contribution in [0.3, 0.4) is 0 Å².